The quantitative estimate of drug-likeness (QED) is 0.410. The zero-order valence-corrected chi connectivity index (χ0v) is 17.2. The molecule has 1 heterocycles. The summed E-state index contributed by atoms with van der Waals surface area (Å²) >= 11 is 0. The maximum Gasteiger partial charge on any atom is 0.340 e. The van der Waals surface area contributed by atoms with Crippen LogP contribution in [-0.4, -0.2) is 15.0 Å². The first-order valence-electron chi connectivity index (χ1n) is 9.65. The number of rotatable bonds is 4. The summed E-state index contributed by atoms with van der Waals surface area (Å²) in [5, 5.41) is 9.29. The molecule has 0 aliphatic carbocycles. The standard InChI is InChI=1S/C25H18FN4.ClH/c26-23-13-7-8-14-24(23)30-28-25(27-29(30)22-11-5-2-6-12-22)21-17-15-20(16-18-21)19-9-3-1-4-10-19;/h1-18H;1H/q+1;/p-1. The van der Waals surface area contributed by atoms with Gasteiger partial charge >= 0.3 is 5.82 Å². The summed E-state index contributed by atoms with van der Waals surface area (Å²) in [6, 6.07) is 34.4. The van der Waals surface area contributed by atoms with Gasteiger partial charge in [-0.2, -0.15) is 0 Å². The van der Waals surface area contributed by atoms with E-state index in [1.54, 1.807) is 23.0 Å². The molecule has 31 heavy (non-hydrogen) atoms. The molecular formula is C25H18ClFN4. The summed E-state index contributed by atoms with van der Waals surface area (Å²) in [5.41, 5.74) is 4.24. The lowest BCUT2D eigenvalue weighted by Gasteiger charge is -2.00. The topological polar surface area (TPSA) is 34.6 Å². The Bertz CT molecular complexity index is 1290. The third-order valence-electron chi connectivity index (χ3n) is 4.86. The van der Waals surface area contributed by atoms with E-state index in [-0.39, 0.29) is 18.2 Å². The van der Waals surface area contributed by atoms with Crippen LogP contribution in [0.5, 0.6) is 0 Å². The fourth-order valence-corrected chi connectivity index (χ4v) is 3.34. The number of tetrazole rings is 1. The molecule has 6 heteroatoms. The molecule has 0 spiro atoms. The number of hydrogen-bond acceptors (Lipinski definition) is 2. The summed E-state index contributed by atoms with van der Waals surface area (Å²) < 4.78 is 14.5. The number of aromatic nitrogens is 4. The third-order valence-corrected chi connectivity index (χ3v) is 4.86. The Kier molecular flexibility index (Phi) is 5.87. The Morgan fingerprint density at radius 3 is 1.84 bits per heavy atom. The molecule has 1 aromatic heterocycles. The average Bonchev–Trinajstić information content (AvgIpc) is 3.26. The fraction of sp³-hybridized carbons (Fsp3) is 0. The van der Waals surface area contributed by atoms with Crippen LogP contribution in [0.1, 0.15) is 0 Å². The molecule has 0 radical (unpaired) electrons. The van der Waals surface area contributed by atoms with E-state index in [4.69, 9.17) is 0 Å². The van der Waals surface area contributed by atoms with Crippen molar-refractivity contribution in [1.82, 2.24) is 15.0 Å². The van der Waals surface area contributed by atoms with Crippen molar-refractivity contribution >= 4 is 0 Å². The molecule has 0 atom stereocenters. The van der Waals surface area contributed by atoms with Crippen molar-refractivity contribution in [3.63, 3.8) is 0 Å². The highest BCUT2D eigenvalue weighted by Gasteiger charge is 2.25. The number of halogens is 2. The lowest BCUT2D eigenvalue weighted by molar-refractivity contribution is -0.736. The Hall–Kier alpha value is -3.83. The Balaban J connectivity index is 0.00000231. The first kappa shape index (κ1) is 20.4. The van der Waals surface area contributed by atoms with Crippen molar-refractivity contribution in [2.45, 2.75) is 0 Å². The number of hydrogen-bond donors (Lipinski definition) is 0. The van der Waals surface area contributed by atoms with Gasteiger partial charge in [0.25, 0.3) is 0 Å². The van der Waals surface area contributed by atoms with E-state index in [0.717, 1.165) is 22.4 Å². The molecular weight excluding hydrogens is 411 g/mol. The van der Waals surface area contributed by atoms with Gasteiger partial charge in [-0.1, -0.05) is 72.8 Å². The van der Waals surface area contributed by atoms with Gasteiger partial charge in [0.15, 0.2) is 5.82 Å². The highest BCUT2D eigenvalue weighted by atomic mass is 35.5. The minimum absolute atomic E-state index is 0. The lowest BCUT2D eigenvalue weighted by Crippen LogP contribution is -3.00. The van der Waals surface area contributed by atoms with Gasteiger partial charge in [-0.3, -0.25) is 0 Å². The highest BCUT2D eigenvalue weighted by Crippen LogP contribution is 2.23. The molecule has 0 saturated carbocycles. The van der Waals surface area contributed by atoms with E-state index in [2.05, 4.69) is 22.3 Å². The van der Waals surface area contributed by atoms with Crippen LogP contribution in [0.2, 0.25) is 0 Å². The molecule has 0 saturated heterocycles. The summed E-state index contributed by atoms with van der Waals surface area (Å²) in [5.74, 6) is 0.153. The lowest BCUT2D eigenvalue weighted by atomic mass is 10.0. The summed E-state index contributed by atoms with van der Waals surface area (Å²) in [6.07, 6.45) is 0. The number of benzene rings is 4. The van der Waals surface area contributed by atoms with Crippen molar-refractivity contribution in [3.05, 3.63) is 115 Å². The van der Waals surface area contributed by atoms with Crippen molar-refractivity contribution in [2.75, 3.05) is 0 Å². The molecule has 0 aliphatic heterocycles. The van der Waals surface area contributed by atoms with Gasteiger partial charge in [0.05, 0.1) is 10.7 Å². The van der Waals surface area contributed by atoms with Crippen molar-refractivity contribution < 1.29 is 21.6 Å². The van der Waals surface area contributed by atoms with Crippen LogP contribution >= 0.6 is 0 Å². The van der Waals surface area contributed by atoms with Gasteiger partial charge in [-0.15, -0.1) is 0 Å². The van der Waals surface area contributed by atoms with Crippen LogP contribution in [0.15, 0.2) is 109 Å². The predicted octanol–water partition coefficient (Wildman–Crippen LogP) is 2.02. The second kappa shape index (κ2) is 8.90. The molecule has 0 N–H and O–H groups in total. The summed E-state index contributed by atoms with van der Waals surface area (Å²) in [4.78, 5) is 3.10. The number of para-hydroxylation sites is 2. The first-order chi connectivity index (χ1) is 14.8. The highest BCUT2D eigenvalue weighted by molar-refractivity contribution is 5.67. The van der Waals surface area contributed by atoms with Crippen LogP contribution in [-0.2, 0) is 0 Å². The molecule has 4 aromatic carbocycles. The molecule has 5 aromatic rings. The van der Waals surface area contributed by atoms with Crippen LogP contribution in [0.4, 0.5) is 4.39 Å². The van der Waals surface area contributed by atoms with E-state index in [1.807, 2.05) is 72.8 Å². The van der Waals surface area contributed by atoms with E-state index in [0.29, 0.717) is 11.5 Å². The molecule has 4 nitrogen and oxygen atoms in total. The van der Waals surface area contributed by atoms with E-state index in [9.17, 15) is 4.39 Å². The third kappa shape index (κ3) is 4.09. The molecule has 0 bridgehead atoms. The van der Waals surface area contributed by atoms with Crippen LogP contribution in [0.3, 0.4) is 0 Å². The van der Waals surface area contributed by atoms with E-state index >= 15 is 0 Å². The fourth-order valence-electron chi connectivity index (χ4n) is 3.34. The van der Waals surface area contributed by atoms with Crippen molar-refractivity contribution in [1.29, 1.82) is 0 Å². The maximum atomic E-state index is 14.5. The molecule has 5 rings (SSSR count). The molecule has 0 unspecified atom stereocenters. The van der Waals surface area contributed by atoms with Gasteiger partial charge < -0.3 is 12.4 Å². The molecule has 0 aliphatic rings. The van der Waals surface area contributed by atoms with E-state index in [1.165, 1.54) is 10.9 Å². The first-order valence-corrected chi connectivity index (χ1v) is 9.65. The van der Waals surface area contributed by atoms with Gasteiger partial charge in [-0.25, -0.2) is 4.39 Å². The minimum atomic E-state index is -0.363. The minimum Gasteiger partial charge on any atom is -1.00 e. The smallest absolute Gasteiger partial charge is 0.340 e. The Morgan fingerprint density at radius 2 is 1.16 bits per heavy atom. The summed E-state index contributed by atoms with van der Waals surface area (Å²) in [6.45, 7) is 0. The molecule has 152 valence electrons. The average molecular weight is 429 g/mol. The largest absolute Gasteiger partial charge is 1.00 e. The van der Waals surface area contributed by atoms with Crippen molar-refractivity contribution in [3.8, 4) is 33.9 Å². The zero-order chi connectivity index (χ0) is 20.3. The second-order valence-electron chi connectivity index (χ2n) is 6.83. The number of nitrogens with zero attached hydrogens (tertiary/aromatic N) is 4. The van der Waals surface area contributed by atoms with Crippen molar-refractivity contribution in [2.24, 2.45) is 0 Å². The normalized spacial score (nSPS) is 10.5. The van der Waals surface area contributed by atoms with Gasteiger partial charge in [0, 0.05) is 4.80 Å². The molecule has 0 fully saturated rings. The van der Waals surface area contributed by atoms with Gasteiger partial charge in [0.2, 0.25) is 5.69 Å². The van der Waals surface area contributed by atoms with E-state index < -0.39 is 0 Å². The monoisotopic (exact) mass is 428 g/mol. The Morgan fingerprint density at radius 1 is 0.613 bits per heavy atom. The maximum absolute atomic E-state index is 14.5. The zero-order valence-electron chi connectivity index (χ0n) is 16.4. The SMILES string of the molecule is Fc1ccccc1-[n+]1nc(-c2ccc(-c3ccccc3)cc2)nn1-c1ccccc1.[Cl-]. The summed E-state index contributed by atoms with van der Waals surface area (Å²) in [7, 11) is 0. The second-order valence-corrected chi connectivity index (χ2v) is 6.83. The van der Waals surface area contributed by atoms with Crippen LogP contribution in [0, 0.1) is 5.82 Å². The van der Waals surface area contributed by atoms with Gasteiger partial charge in [-0.05, 0) is 57.4 Å². The molecule has 0 amide bonds. The van der Waals surface area contributed by atoms with Crippen LogP contribution < -0.4 is 17.2 Å². The van der Waals surface area contributed by atoms with Gasteiger partial charge in [0.1, 0.15) is 5.69 Å². The Labute approximate surface area is 185 Å². The van der Waals surface area contributed by atoms with Crippen LogP contribution in [0.25, 0.3) is 33.9 Å². The predicted molar refractivity (Wildman–Crippen MR) is 114 cm³/mol.